The Bertz CT molecular complexity index is 657. The molecular weight excluding hydrogens is 211 g/mol. The topological polar surface area (TPSA) is 0 Å². The van der Waals surface area contributed by atoms with Gasteiger partial charge in [-0.1, -0.05) is 54.6 Å². The summed E-state index contributed by atoms with van der Waals surface area (Å²) >= 11 is 0. The lowest BCUT2D eigenvalue weighted by atomic mass is 10.0. The average molecular weight is 222 g/mol. The number of hydrogen-bond acceptors (Lipinski definition) is 0. The van der Waals surface area contributed by atoms with Crippen molar-refractivity contribution in [2.75, 3.05) is 0 Å². The Kier molecular flexibility index (Phi) is 2.37. The van der Waals surface area contributed by atoms with Gasteiger partial charge < -0.3 is 0 Å². The standard InChI is InChI=1S/C16H11F/c17-16-11-14(12-6-2-1-3-7-12)10-13-8-4-5-9-15(13)16/h1-11H. The van der Waals surface area contributed by atoms with Crippen LogP contribution in [0.25, 0.3) is 21.9 Å². The first-order valence-corrected chi connectivity index (χ1v) is 5.58. The van der Waals surface area contributed by atoms with Crippen molar-refractivity contribution >= 4 is 10.8 Å². The van der Waals surface area contributed by atoms with E-state index in [0.717, 1.165) is 16.5 Å². The Hall–Kier alpha value is -2.15. The molecule has 0 aromatic heterocycles. The maximum atomic E-state index is 13.9. The van der Waals surface area contributed by atoms with E-state index < -0.39 is 0 Å². The highest BCUT2D eigenvalue weighted by Crippen LogP contribution is 2.26. The fourth-order valence-corrected chi connectivity index (χ4v) is 2.06. The van der Waals surface area contributed by atoms with E-state index >= 15 is 0 Å². The van der Waals surface area contributed by atoms with E-state index in [-0.39, 0.29) is 5.82 Å². The van der Waals surface area contributed by atoms with Crippen LogP contribution in [0.2, 0.25) is 0 Å². The van der Waals surface area contributed by atoms with Gasteiger partial charge in [-0.25, -0.2) is 4.39 Å². The molecule has 0 radical (unpaired) electrons. The molecule has 17 heavy (non-hydrogen) atoms. The minimum Gasteiger partial charge on any atom is -0.206 e. The van der Waals surface area contributed by atoms with Crippen LogP contribution in [0.1, 0.15) is 0 Å². The number of hydrogen-bond donors (Lipinski definition) is 0. The monoisotopic (exact) mass is 222 g/mol. The van der Waals surface area contributed by atoms with E-state index in [1.165, 1.54) is 0 Å². The van der Waals surface area contributed by atoms with E-state index in [9.17, 15) is 4.39 Å². The van der Waals surface area contributed by atoms with Crippen LogP contribution < -0.4 is 0 Å². The second-order valence-corrected chi connectivity index (χ2v) is 4.05. The van der Waals surface area contributed by atoms with Gasteiger partial charge in [-0.05, 0) is 28.6 Å². The van der Waals surface area contributed by atoms with Crippen LogP contribution in [0, 0.1) is 5.82 Å². The van der Waals surface area contributed by atoms with Crippen molar-refractivity contribution in [3.63, 3.8) is 0 Å². The molecule has 1 heteroatoms. The zero-order valence-corrected chi connectivity index (χ0v) is 9.23. The Morgan fingerprint density at radius 1 is 0.647 bits per heavy atom. The molecule has 0 nitrogen and oxygen atoms in total. The summed E-state index contributed by atoms with van der Waals surface area (Å²) in [5, 5.41) is 1.61. The van der Waals surface area contributed by atoms with Gasteiger partial charge in [-0.2, -0.15) is 0 Å². The number of halogens is 1. The van der Waals surface area contributed by atoms with E-state index in [1.54, 1.807) is 12.1 Å². The third-order valence-corrected chi connectivity index (χ3v) is 2.92. The molecule has 82 valence electrons. The largest absolute Gasteiger partial charge is 0.206 e. The maximum absolute atomic E-state index is 13.9. The average Bonchev–Trinajstić information content (AvgIpc) is 2.40. The van der Waals surface area contributed by atoms with Gasteiger partial charge in [0.1, 0.15) is 5.82 Å². The van der Waals surface area contributed by atoms with Gasteiger partial charge in [0.25, 0.3) is 0 Å². The molecule has 0 saturated carbocycles. The second-order valence-electron chi connectivity index (χ2n) is 4.05. The first-order valence-electron chi connectivity index (χ1n) is 5.58. The normalized spacial score (nSPS) is 10.6. The van der Waals surface area contributed by atoms with E-state index in [2.05, 4.69) is 0 Å². The predicted molar refractivity (Wildman–Crippen MR) is 69.3 cm³/mol. The van der Waals surface area contributed by atoms with Crippen molar-refractivity contribution in [3.05, 3.63) is 72.5 Å². The maximum Gasteiger partial charge on any atom is 0.131 e. The molecule has 3 aromatic rings. The SMILES string of the molecule is Fc1cc(-c2ccccc2)cc2ccccc12. The summed E-state index contributed by atoms with van der Waals surface area (Å²) in [6, 6.07) is 21.0. The lowest BCUT2D eigenvalue weighted by molar-refractivity contribution is 0.640. The fraction of sp³-hybridized carbons (Fsp3) is 0. The van der Waals surface area contributed by atoms with Gasteiger partial charge in [-0.3, -0.25) is 0 Å². The quantitative estimate of drug-likeness (QED) is 0.562. The Morgan fingerprint density at radius 2 is 1.35 bits per heavy atom. The van der Waals surface area contributed by atoms with Gasteiger partial charge in [0, 0.05) is 5.39 Å². The molecule has 0 unspecified atom stereocenters. The van der Waals surface area contributed by atoms with E-state index in [1.807, 2.05) is 54.6 Å². The van der Waals surface area contributed by atoms with Crippen molar-refractivity contribution in [1.29, 1.82) is 0 Å². The van der Waals surface area contributed by atoms with E-state index in [4.69, 9.17) is 0 Å². The summed E-state index contributed by atoms with van der Waals surface area (Å²) in [5.41, 5.74) is 1.96. The predicted octanol–water partition coefficient (Wildman–Crippen LogP) is 4.65. The van der Waals surface area contributed by atoms with Crippen molar-refractivity contribution in [2.24, 2.45) is 0 Å². The van der Waals surface area contributed by atoms with Crippen molar-refractivity contribution in [2.45, 2.75) is 0 Å². The van der Waals surface area contributed by atoms with Crippen LogP contribution in [0.5, 0.6) is 0 Å². The third kappa shape index (κ3) is 1.80. The van der Waals surface area contributed by atoms with Crippen molar-refractivity contribution in [3.8, 4) is 11.1 Å². The van der Waals surface area contributed by atoms with Gasteiger partial charge in [0.15, 0.2) is 0 Å². The highest BCUT2D eigenvalue weighted by Gasteiger charge is 2.04. The fourth-order valence-electron chi connectivity index (χ4n) is 2.06. The van der Waals surface area contributed by atoms with Gasteiger partial charge in [0.05, 0.1) is 0 Å². The molecule has 0 fully saturated rings. The highest BCUT2D eigenvalue weighted by atomic mass is 19.1. The Labute approximate surface area is 99.3 Å². The van der Waals surface area contributed by atoms with Crippen LogP contribution >= 0.6 is 0 Å². The van der Waals surface area contributed by atoms with Crippen LogP contribution in [-0.2, 0) is 0 Å². The van der Waals surface area contributed by atoms with E-state index in [0.29, 0.717) is 5.39 Å². The summed E-state index contributed by atoms with van der Waals surface area (Å²) in [6.07, 6.45) is 0. The lowest BCUT2D eigenvalue weighted by Crippen LogP contribution is -1.83. The molecule has 0 aliphatic rings. The molecule has 0 spiro atoms. The van der Waals surface area contributed by atoms with Crippen molar-refractivity contribution < 1.29 is 4.39 Å². The molecule has 0 heterocycles. The van der Waals surface area contributed by atoms with Crippen LogP contribution in [-0.4, -0.2) is 0 Å². The molecule has 0 aliphatic heterocycles. The minimum atomic E-state index is -0.165. The summed E-state index contributed by atoms with van der Waals surface area (Å²) < 4.78 is 13.9. The molecule has 0 bridgehead atoms. The molecular formula is C16H11F. The first kappa shape index (κ1) is 10.0. The Balaban J connectivity index is 2.26. The van der Waals surface area contributed by atoms with Crippen LogP contribution in [0.3, 0.4) is 0 Å². The zero-order valence-electron chi connectivity index (χ0n) is 9.23. The summed E-state index contributed by atoms with van der Waals surface area (Å²) in [6.45, 7) is 0. The molecule has 0 aliphatic carbocycles. The molecule has 0 amide bonds. The van der Waals surface area contributed by atoms with Gasteiger partial charge in [0.2, 0.25) is 0 Å². The molecule has 0 saturated heterocycles. The highest BCUT2D eigenvalue weighted by molar-refractivity contribution is 5.87. The first-order chi connectivity index (χ1) is 8.34. The summed E-state index contributed by atoms with van der Waals surface area (Å²) in [7, 11) is 0. The molecule has 3 aromatic carbocycles. The molecule has 3 rings (SSSR count). The number of rotatable bonds is 1. The molecule has 0 N–H and O–H groups in total. The zero-order chi connectivity index (χ0) is 11.7. The number of fused-ring (bicyclic) bond motifs is 1. The summed E-state index contributed by atoms with van der Waals surface area (Å²) in [4.78, 5) is 0. The second kappa shape index (κ2) is 4.02. The smallest absolute Gasteiger partial charge is 0.131 e. The lowest BCUT2D eigenvalue weighted by Gasteiger charge is -2.05. The van der Waals surface area contributed by atoms with Crippen LogP contribution in [0.4, 0.5) is 4.39 Å². The van der Waals surface area contributed by atoms with Gasteiger partial charge in [-0.15, -0.1) is 0 Å². The number of benzene rings is 3. The minimum absolute atomic E-state index is 0.165. The summed E-state index contributed by atoms with van der Waals surface area (Å²) in [5.74, 6) is -0.165. The third-order valence-electron chi connectivity index (χ3n) is 2.92. The Morgan fingerprint density at radius 3 is 2.18 bits per heavy atom. The van der Waals surface area contributed by atoms with Crippen molar-refractivity contribution in [1.82, 2.24) is 0 Å². The van der Waals surface area contributed by atoms with Crippen LogP contribution in [0.15, 0.2) is 66.7 Å². The molecule has 0 atom stereocenters. The van der Waals surface area contributed by atoms with Gasteiger partial charge >= 0.3 is 0 Å².